The minimum atomic E-state index is -0.380. The van der Waals surface area contributed by atoms with Crippen LogP contribution in [0.1, 0.15) is 173 Å². The largest absolute Gasteiger partial charge is 0.508 e. The molecule has 0 bridgehead atoms. The zero-order valence-electron chi connectivity index (χ0n) is 56.0. The first-order valence-electron chi connectivity index (χ1n) is 32.9. The van der Waals surface area contributed by atoms with Crippen molar-refractivity contribution in [1.29, 1.82) is 0 Å². The molecule has 532 valence electrons. The van der Waals surface area contributed by atoms with E-state index in [1.807, 2.05) is 27.7 Å². The number of carbonyl (C=O) groups is 4. The molecule has 0 fully saturated rings. The van der Waals surface area contributed by atoms with Crippen LogP contribution in [0.4, 0.5) is 0 Å². The first-order chi connectivity index (χ1) is 46.5. The highest BCUT2D eigenvalue weighted by molar-refractivity contribution is 6.63. The Hall–Kier alpha value is -10.1. The fourth-order valence-electron chi connectivity index (χ4n) is 10.2. The average Bonchev–Trinajstić information content (AvgIpc) is 0.806. The van der Waals surface area contributed by atoms with Crippen molar-refractivity contribution in [2.24, 2.45) is 23.7 Å². The summed E-state index contributed by atoms with van der Waals surface area (Å²) in [4.78, 5) is 75.9. The molecule has 0 aliphatic rings. The number of hydrogen-bond acceptors (Lipinski definition) is 22. The minimum absolute atomic E-state index is 0. The molecule has 0 aliphatic heterocycles. The number of carbonyl (C=O) groups excluding carboxylic acids is 4. The molecular formula is C76H95ClN6O16. The van der Waals surface area contributed by atoms with Crippen molar-refractivity contribution in [2.45, 2.75) is 173 Å². The van der Waals surface area contributed by atoms with Gasteiger partial charge in [-0.1, -0.05) is 122 Å². The number of aromatic hydroxyl groups is 9. The second-order valence-electron chi connectivity index (χ2n) is 23.3. The molecule has 8 rings (SSSR count). The Labute approximate surface area is 584 Å². The zero-order chi connectivity index (χ0) is 70.9. The van der Waals surface area contributed by atoms with Gasteiger partial charge in [-0.15, -0.1) is 0 Å². The molecule has 0 aliphatic carbocycles. The van der Waals surface area contributed by atoms with Gasteiger partial charge in [0.2, 0.25) is 5.24 Å². The predicted molar refractivity (Wildman–Crippen MR) is 382 cm³/mol. The fourth-order valence-corrected chi connectivity index (χ4v) is 10.5. The van der Waals surface area contributed by atoms with Crippen molar-refractivity contribution < 1.29 is 79.3 Å². The molecule has 0 saturated heterocycles. The van der Waals surface area contributed by atoms with Crippen LogP contribution < -0.4 is 14.2 Å². The number of unbranched alkanes of at least 4 members (excludes halogenated alkanes) is 4. The number of benzene rings is 6. The molecule has 23 heteroatoms. The van der Waals surface area contributed by atoms with Crippen LogP contribution in [0.3, 0.4) is 0 Å². The van der Waals surface area contributed by atoms with Crippen LogP contribution in [0.2, 0.25) is 0 Å². The van der Waals surface area contributed by atoms with Gasteiger partial charge in [0.25, 0.3) is 0 Å². The van der Waals surface area contributed by atoms with E-state index in [4.69, 9.17) is 25.8 Å². The summed E-state index contributed by atoms with van der Waals surface area (Å²) in [5, 5.41) is 92.8. The summed E-state index contributed by atoms with van der Waals surface area (Å²) in [6.07, 6.45) is 13.6. The molecule has 0 amide bonds. The number of phenols is 9. The third-order valence-electron chi connectivity index (χ3n) is 16.1. The zero-order valence-corrected chi connectivity index (χ0v) is 56.7. The van der Waals surface area contributed by atoms with Crippen molar-refractivity contribution in [3.05, 3.63) is 109 Å². The highest BCUT2D eigenvalue weighted by atomic mass is 35.5. The van der Waals surface area contributed by atoms with E-state index < -0.39 is 0 Å². The molecule has 9 N–H and O–H groups in total. The lowest BCUT2D eigenvalue weighted by Crippen LogP contribution is -2.20. The van der Waals surface area contributed by atoms with Gasteiger partial charge in [0.1, 0.15) is 69.0 Å². The fraction of sp³-hybridized carbons (Fsp3) is 0.395. The van der Waals surface area contributed by atoms with Gasteiger partial charge in [-0.2, -0.15) is 0 Å². The number of halogens is 1. The summed E-state index contributed by atoms with van der Waals surface area (Å²) in [5.74, 6) is -3.63. The Kier molecular flexibility index (Phi) is 32.8. The molecule has 0 saturated carbocycles. The third kappa shape index (κ3) is 23.0. The molecule has 0 radical (unpaired) electrons. The van der Waals surface area contributed by atoms with Crippen molar-refractivity contribution >= 4 is 34.8 Å². The number of rotatable bonds is 29. The Balaban J connectivity index is 0.000000410. The highest BCUT2D eigenvalue weighted by Crippen LogP contribution is 2.41. The van der Waals surface area contributed by atoms with Gasteiger partial charge in [0.05, 0.1) is 51.1 Å². The number of nitrogens with zero attached hydrogens (tertiary/aromatic N) is 6. The van der Waals surface area contributed by atoms with Crippen LogP contribution in [-0.2, 0) is 19.2 Å². The molecule has 22 nitrogen and oxygen atoms in total. The summed E-state index contributed by atoms with van der Waals surface area (Å²) < 4.78 is 16.9. The van der Waals surface area contributed by atoms with E-state index >= 15 is 0 Å². The summed E-state index contributed by atoms with van der Waals surface area (Å²) >= 11 is 5.34. The van der Waals surface area contributed by atoms with E-state index in [1.54, 1.807) is 0 Å². The highest BCUT2D eigenvalue weighted by Gasteiger charge is 2.26. The number of aromatic nitrogens is 6. The molecule has 2 aromatic heterocycles. The molecular weight excluding hydrogens is 1290 g/mol. The molecule has 4 atom stereocenters. The van der Waals surface area contributed by atoms with Crippen molar-refractivity contribution in [3.63, 3.8) is 0 Å². The molecule has 2 heterocycles. The lowest BCUT2D eigenvalue weighted by molar-refractivity contribution is -0.140. The lowest BCUT2D eigenvalue weighted by Gasteiger charge is -2.15. The molecule has 4 unspecified atom stereocenters. The maximum absolute atomic E-state index is 12.9. The van der Waals surface area contributed by atoms with Gasteiger partial charge in [0.15, 0.2) is 34.9 Å². The monoisotopic (exact) mass is 1380 g/mol. The Morgan fingerprint density at radius 2 is 0.525 bits per heavy atom. The first-order valence-corrected chi connectivity index (χ1v) is 33.3. The van der Waals surface area contributed by atoms with Crippen LogP contribution in [0.25, 0.3) is 68.3 Å². The van der Waals surface area contributed by atoms with Crippen LogP contribution >= 0.6 is 11.6 Å². The summed E-state index contributed by atoms with van der Waals surface area (Å²) in [6, 6.07) is 24.6. The third-order valence-corrected chi connectivity index (χ3v) is 16.4. The summed E-state index contributed by atoms with van der Waals surface area (Å²) in [5.41, 5.74) is 0.993. The minimum Gasteiger partial charge on any atom is -0.508 e. The summed E-state index contributed by atoms with van der Waals surface area (Å²) in [6.45, 7) is 16.1. The predicted octanol–water partition coefficient (Wildman–Crippen LogP) is 17.7. The second kappa shape index (κ2) is 40.0. The van der Waals surface area contributed by atoms with Crippen molar-refractivity contribution in [1.82, 2.24) is 29.9 Å². The first kappa shape index (κ1) is 81.3. The van der Waals surface area contributed by atoms with E-state index in [2.05, 4.69) is 57.6 Å². The van der Waals surface area contributed by atoms with E-state index in [0.29, 0.717) is 38.5 Å². The second-order valence-corrected chi connectivity index (χ2v) is 23.7. The van der Waals surface area contributed by atoms with Gasteiger partial charge >= 0.3 is 17.9 Å². The number of hydrogen-bond donors (Lipinski definition) is 9. The standard InChI is InChI=1S/C45H57N3O9.C21H15N3O6.C8H15ClO.2CH4/c1-7-13-16-28(10-4)43(52)55-31-19-22-34(37(49)25-31)40-46-41(35-23-20-32(26-38(35)50)56-44(53)29(11-5)17-14-8-2)48-42(47-40)36-24-21-33(27-39(36)51)57-45(54)30(12-6)18-15-9-3;25-10-1-4-13(16(28)7-10)19-22-20(14-5-2-11(26)8-17(14)29)24-21(23-19)15-6-3-12(27)9-18(15)30;1-3-5-6-7(4-2)8(9)10;;/h19-30,49-51H,7-18H2,1-6H3;1-9,25-30H;7H,3-6H2,1-2H3;2*1H4. The lowest BCUT2D eigenvalue weighted by atomic mass is 10.00. The summed E-state index contributed by atoms with van der Waals surface area (Å²) in [7, 11) is 0. The molecule has 99 heavy (non-hydrogen) atoms. The van der Waals surface area contributed by atoms with Crippen molar-refractivity contribution in [2.75, 3.05) is 0 Å². The number of esters is 3. The van der Waals surface area contributed by atoms with Gasteiger partial charge in [-0.05, 0) is 136 Å². The quantitative estimate of drug-likeness (QED) is 0.0119. The van der Waals surface area contributed by atoms with Crippen LogP contribution in [0.15, 0.2) is 109 Å². The maximum Gasteiger partial charge on any atom is 0.314 e. The smallest absolute Gasteiger partial charge is 0.314 e. The Bertz CT molecular complexity index is 3580. The normalized spacial score (nSPS) is 11.9. The number of ether oxygens (including phenoxy) is 3. The van der Waals surface area contributed by atoms with E-state index in [-0.39, 0.29) is 199 Å². The molecule has 8 aromatic rings. The Morgan fingerprint density at radius 1 is 0.323 bits per heavy atom. The van der Waals surface area contributed by atoms with Crippen LogP contribution in [0, 0.1) is 23.7 Å². The van der Waals surface area contributed by atoms with Gasteiger partial charge in [-0.3, -0.25) is 19.2 Å². The van der Waals surface area contributed by atoms with Crippen LogP contribution in [0.5, 0.6) is 69.0 Å². The van der Waals surface area contributed by atoms with Gasteiger partial charge in [-0.25, -0.2) is 29.9 Å². The molecule has 6 aromatic carbocycles. The Morgan fingerprint density at radius 3 is 0.707 bits per heavy atom. The van der Waals surface area contributed by atoms with E-state index in [9.17, 15) is 65.1 Å². The van der Waals surface area contributed by atoms with E-state index in [1.165, 1.54) is 91.0 Å². The maximum atomic E-state index is 12.9. The average molecular weight is 1380 g/mol. The van der Waals surface area contributed by atoms with E-state index in [0.717, 1.165) is 82.4 Å². The van der Waals surface area contributed by atoms with Crippen LogP contribution in [-0.4, -0.2) is 99.0 Å². The van der Waals surface area contributed by atoms with Gasteiger partial charge < -0.3 is 60.2 Å². The number of phenolic OH excluding ortho intramolecular Hbond substituents is 9. The van der Waals surface area contributed by atoms with Gasteiger partial charge in [0, 0.05) is 42.3 Å². The SMILES string of the molecule is C.C.CCCCC(CC)C(=O)Cl.CCCCC(CC)C(=O)Oc1ccc(-c2nc(-c3ccc(OC(=O)C(CC)CCCC)cc3O)nc(-c3ccc(OC(=O)C(CC)CCCC)cc3O)n2)c(O)c1.Oc1ccc(-c2nc(-c3ccc(O)cc3O)nc(-c3ccc(O)cc3O)n2)c(O)c1. The molecule has 0 spiro atoms. The van der Waals surface area contributed by atoms with Crippen molar-refractivity contribution in [3.8, 4) is 137 Å². The topological polar surface area (TPSA) is 355 Å².